The van der Waals surface area contributed by atoms with Gasteiger partial charge in [0.25, 0.3) is 0 Å². The molecule has 0 atom stereocenters. The average molecular weight is 376 g/mol. The predicted octanol–water partition coefficient (Wildman–Crippen LogP) is 5.55. The van der Waals surface area contributed by atoms with Gasteiger partial charge < -0.3 is 4.57 Å². The maximum absolute atomic E-state index is 13.6. The molecule has 0 saturated carbocycles. The Morgan fingerprint density at radius 1 is 1.33 bits per heavy atom. The smallest absolute Gasteiger partial charge is 0.139 e. The molecule has 0 radical (unpaired) electrons. The number of aryl methyl sites for hydroxylation is 2. The molecule has 2 rings (SSSR count). The van der Waals surface area contributed by atoms with Crippen LogP contribution in [0.4, 0.5) is 4.39 Å². The number of alkyl halides is 1. The standard InChI is InChI=1S/C16H21BrClFN2/c1-11(2)5-3-4-8-21-15-9-12(17)13(19)10-14(15)20-16(21)6-7-18/h9-11H,3-8H2,1-2H3. The minimum Gasteiger partial charge on any atom is -0.328 e. The Morgan fingerprint density at radius 2 is 2.10 bits per heavy atom. The van der Waals surface area contributed by atoms with E-state index in [0.29, 0.717) is 22.3 Å². The molecule has 0 fully saturated rings. The van der Waals surface area contributed by atoms with E-state index in [2.05, 4.69) is 39.3 Å². The van der Waals surface area contributed by atoms with Gasteiger partial charge in [0.15, 0.2) is 0 Å². The van der Waals surface area contributed by atoms with Crippen LogP contribution >= 0.6 is 27.5 Å². The van der Waals surface area contributed by atoms with Gasteiger partial charge in [-0.2, -0.15) is 0 Å². The van der Waals surface area contributed by atoms with Crippen LogP contribution < -0.4 is 0 Å². The molecule has 0 bridgehead atoms. The lowest BCUT2D eigenvalue weighted by Crippen LogP contribution is -2.05. The highest BCUT2D eigenvalue weighted by Gasteiger charge is 2.13. The number of rotatable bonds is 7. The second-order valence-corrected chi connectivity index (χ2v) is 7.00. The Morgan fingerprint density at radius 3 is 2.76 bits per heavy atom. The predicted molar refractivity (Wildman–Crippen MR) is 90.5 cm³/mol. The van der Waals surface area contributed by atoms with Crippen LogP contribution in [0.1, 0.15) is 38.9 Å². The molecule has 0 amide bonds. The van der Waals surface area contributed by atoms with Crippen molar-refractivity contribution in [3.63, 3.8) is 0 Å². The van der Waals surface area contributed by atoms with Crippen LogP contribution in [-0.2, 0) is 13.0 Å². The summed E-state index contributed by atoms with van der Waals surface area (Å²) in [5.41, 5.74) is 1.69. The van der Waals surface area contributed by atoms with Crippen molar-refractivity contribution in [2.45, 2.75) is 46.1 Å². The van der Waals surface area contributed by atoms with E-state index in [1.54, 1.807) is 0 Å². The van der Waals surface area contributed by atoms with E-state index in [4.69, 9.17) is 11.6 Å². The van der Waals surface area contributed by atoms with Crippen molar-refractivity contribution in [2.75, 3.05) is 5.88 Å². The number of unbranched alkanes of at least 4 members (excludes halogenated alkanes) is 1. The van der Waals surface area contributed by atoms with Gasteiger partial charge >= 0.3 is 0 Å². The summed E-state index contributed by atoms with van der Waals surface area (Å²) in [6.07, 6.45) is 4.24. The van der Waals surface area contributed by atoms with Crippen molar-refractivity contribution in [2.24, 2.45) is 5.92 Å². The Hall–Kier alpha value is -0.610. The third kappa shape index (κ3) is 4.19. The van der Waals surface area contributed by atoms with Gasteiger partial charge in [-0.3, -0.25) is 0 Å². The summed E-state index contributed by atoms with van der Waals surface area (Å²) in [6, 6.07) is 3.31. The fourth-order valence-electron chi connectivity index (χ4n) is 2.52. The zero-order chi connectivity index (χ0) is 15.4. The van der Waals surface area contributed by atoms with Crippen molar-refractivity contribution in [3.8, 4) is 0 Å². The number of aromatic nitrogens is 2. The minimum absolute atomic E-state index is 0.274. The van der Waals surface area contributed by atoms with Crippen molar-refractivity contribution < 1.29 is 4.39 Å². The molecule has 0 aliphatic rings. The zero-order valence-electron chi connectivity index (χ0n) is 12.5. The van der Waals surface area contributed by atoms with Gasteiger partial charge in [-0.05, 0) is 34.3 Å². The minimum atomic E-state index is -0.274. The molecule has 0 spiro atoms. The molecule has 0 aliphatic carbocycles. The number of imidazole rings is 1. The van der Waals surface area contributed by atoms with E-state index in [9.17, 15) is 4.39 Å². The van der Waals surface area contributed by atoms with Gasteiger partial charge in [0.2, 0.25) is 0 Å². The lowest BCUT2D eigenvalue weighted by atomic mass is 10.1. The summed E-state index contributed by atoms with van der Waals surface area (Å²) < 4.78 is 16.3. The molecule has 0 aliphatic heterocycles. The topological polar surface area (TPSA) is 17.8 Å². The average Bonchev–Trinajstić information content (AvgIpc) is 2.73. The highest BCUT2D eigenvalue weighted by Crippen LogP contribution is 2.25. The molecule has 21 heavy (non-hydrogen) atoms. The number of benzene rings is 1. The Kier molecular flexibility index (Phi) is 6.06. The molecule has 2 aromatic rings. The maximum atomic E-state index is 13.6. The van der Waals surface area contributed by atoms with Crippen LogP contribution in [-0.4, -0.2) is 15.4 Å². The SMILES string of the molecule is CC(C)CCCCn1c(CCCl)nc2cc(F)c(Br)cc21. The summed E-state index contributed by atoms with van der Waals surface area (Å²) in [6.45, 7) is 5.39. The fraction of sp³-hybridized carbons (Fsp3) is 0.562. The second kappa shape index (κ2) is 7.59. The number of nitrogens with zero attached hydrogens (tertiary/aromatic N) is 2. The van der Waals surface area contributed by atoms with Crippen LogP contribution in [0.2, 0.25) is 0 Å². The molecule has 0 N–H and O–H groups in total. The fourth-order valence-corrected chi connectivity index (χ4v) is 3.02. The first-order valence-corrected chi connectivity index (χ1v) is 8.75. The Bertz CT molecular complexity index is 610. The van der Waals surface area contributed by atoms with Gasteiger partial charge in [-0.15, -0.1) is 11.6 Å². The first-order valence-electron chi connectivity index (χ1n) is 7.43. The van der Waals surface area contributed by atoms with Crippen LogP contribution in [0, 0.1) is 11.7 Å². The summed E-state index contributed by atoms with van der Waals surface area (Å²) >= 11 is 9.12. The van der Waals surface area contributed by atoms with Gasteiger partial charge in [0.1, 0.15) is 11.6 Å². The third-order valence-electron chi connectivity index (χ3n) is 3.60. The van der Waals surface area contributed by atoms with Crippen LogP contribution in [0.3, 0.4) is 0 Å². The molecule has 0 saturated heterocycles. The first-order chi connectivity index (χ1) is 10.0. The van der Waals surface area contributed by atoms with Gasteiger partial charge in [0, 0.05) is 24.9 Å². The van der Waals surface area contributed by atoms with Crippen LogP contribution in [0.25, 0.3) is 11.0 Å². The van der Waals surface area contributed by atoms with E-state index in [1.807, 2.05) is 6.07 Å². The summed E-state index contributed by atoms with van der Waals surface area (Å²) in [5, 5.41) is 0. The van der Waals surface area contributed by atoms with E-state index < -0.39 is 0 Å². The van der Waals surface area contributed by atoms with Crippen LogP contribution in [0.5, 0.6) is 0 Å². The lowest BCUT2D eigenvalue weighted by Gasteiger charge is -2.10. The lowest BCUT2D eigenvalue weighted by molar-refractivity contribution is 0.508. The second-order valence-electron chi connectivity index (χ2n) is 5.76. The van der Waals surface area contributed by atoms with Crippen molar-refractivity contribution in [3.05, 3.63) is 28.2 Å². The number of hydrogen-bond donors (Lipinski definition) is 0. The van der Waals surface area contributed by atoms with E-state index in [-0.39, 0.29) is 5.82 Å². The monoisotopic (exact) mass is 374 g/mol. The number of fused-ring (bicyclic) bond motifs is 1. The first kappa shape index (κ1) is 16.8. The molecule has 1 heterocycles. The van der Waals surface area contributed by atoms with E-state index in [1.165, 1.54) is 18.9 Å². The van der Waals surface area contributed by atoms with Crippen molar-refractivity contribution >= 4 is 38.6 Å². The van der Waals surface area contributed by atoms with Crippen molar-refractivity contribution in [1.82, 2.24) is 9.55 Å². The largest absolute Gasteiger partial charge is 0.328 e. The highest BCUT2D eigenvalue weighted by atomic mass is 79.9. The molecule has 5 heteroatoms. The molecule has 1 aromatic heterocycles. The number of hydrogen-bond acceptors (Lipinski definition) is 1. The third-order valence-corrected chi connectivity index (χ3v) is 4.40. The highest BCUT2D eigenvalue weighted by molar-refractivity contribution is 9.10. The van der Waals surface area contributed by atoms with Gasteiger partial charge in [-0.25, -0.2) is 9.37 Å². The van der Waals surface area contributed by atoms with Crippen molar-refractivity contribution in [1.29, 1.82) is 0 Å². The summed E-state index contributed by atoms with van der Waals surface area (Å²) in [5.74, 6) is 1.93. The molecule has 116 valence electrons. The van der Waals surface area contributed by atoms with E-state index >= 15 is 0 Å². The summed E-state index contributed by atoms with van der Waals surface area (Å²) in [7, 11) is 0. The molecule has 1 aromatic carbocycles. The van der Waals surface area contributed by atoms with Gasteiger partial charge in [-0.1, -0.05) is 26.7 Å². The maximum Gasteiger partial charge on any atom is 0.139 e. The molecule has 0 unspecified atom stereocenters. The van der Waals surface area contributed by atoms with Gasteiger partial charge in [0.05, 0.1) is 15.5 Å². The van der Waals surface area contributed by atoms with E-state index in [0.717, 1.165) is 30.2 Å². The molecular formula is C16H21BrClFN2. The quantitative estimate of drug-likeness (QED) is 0.458. The molecular weight excluding hydrogens is 355 g/mol. The Balaban J connectivity index is 2.25. The van der Waals surface area contributed by atoms with Crippen LogP contribution in [0.15, 0.2) is 16.6 Å². The zero-order valence-corrected chi connectivity index (χ0v) is 14.8. The number of halogens is 3. The molecule has 2 nitrogen and oxygen atoms in total. The summed E-state index contributed by atoms with van der Waals surface area (Å²) in [4.78, 5) is 4.54. The Labute approximate surface area is 138 Å². The normalized spacial score (nSPS) is 11.7.